The van der Waals surface area contributed by atoms with E-state index >= 15 is 0 Å². The summed E-state index contributed by atoms with van der Waals surface area (Å²) in [6, 6.07) is 17.7. The van der Waals surface area contributed by atoms with Crippen LogP contribution in [0.1, 0.15) is 12.8 Å². The first kappa shape index (κ1) is 64.4. The fourth-order valence-electron chi connectivity index (χ4n) is 2.85. The van der Waals surface area contributed by atoms with E-state index in [2.05, 4.69) is 10.6 Å². The molecule has 0 fully saturated rings. The zero-order valence-corrected chi connectivity index (χ0v) is 37.9. The molecule has 252 valence electrons. The van der Waals surface area contributed by atoms with Crippen LogP contribution >= 0.6 is 30.4 Å². The first-order valence-electron chi connectivity index (χ1n) is 11.4. The van der Waals surface area contributed by atoms with Crippen molar-refractivity contribution in [2.45, 2.75) is 23.9 Å². The quantitative estimate of drug-likeness (QED) is 0.0522. The van der Waals surface area contributed by atoms with E-state index in [0.717, 1.165) is 0 Å². The number of nitrogens with one attached hydrogen (secondary N) is 2. The molecular weight excluding hydrogens is 756 g/mol. The van der Waals surface area contributed by atoms with Gasteiger partial charge in [-0.05, 0) is 65.4 Å². The third-order valence-electron chi connectivity index (χ3n) is 4.56. The molecule has 0 bridgehead atoms. The Morgan fingerprint density at radius 3 is 1.02 bits per heavy atom. The maximum atomic E-state index is 10.9. The minimum atomic E-state index is -5.42. The van der Waals surface area contributed by atoms with Crippen LogP contribution in [0.2, 0.25) is 0 Å². The Morgan fingerprint density at radius 2 is 0.809 bits per heavy atom. The van der Waals surface area contributed by atoms with Crippen molar-refractivity contribution in [3.8, 4) is 11.5 Å². The Kier molecular flexibility index (Phi) is 43.7. The van der Waals surface area contributed by atoms with Gasteiger partial charge in [-0.25, -0.2) is 0 Å². The van der Waals surface area contributed by atoms with Crippen LogP contribution in [0.15, 0.2) is 60.7 Å². The molecule has 0 aromatic heterocycles. The molecule has 0 aliphatic carbocycles. The van der Waals surface area contributed by atoms with Gasteiger partial charge in [0.2, 0.25) is 0 Å². The summed E-state index contributed by atoms with van der Waals surface area (Å²) in [4.78, 5) is 78.2. The molecule has 2 aromatic carbocycles. The van der Waals surface area contributed by atoms with Crippen molar-refractivity contribution in [1.82, 2.24) is 10.6 Å². The van der Waals surface area contributed by atoms with Crippen molar-refractivity contribution >= 4 is 30.4 Å². The monoisotopic (exact) mass is 792 g/mol. The zero-order chi connectivity index (χ0) is 30.5. The predicted octanol–water partition coefficient (Wildman–Crippen LogP) is -15.6. The molecule has 19 nitrogen and oxygen atoms in total. The van der Waals surface area contributed by atoms with Gasteiger partial charge in [-0.1, -0.05) is 36.4 Å². The van der Waals surface area contributed by atoms with Gasteiger partial charge in [0.25, 0.3) is 0 Å². The second-order valence-electron chi connectivity index (χ2n) is 7.94. The molecule has 0 spiro atoms. The molecule has 2 unspecified atom stereocenters. The van der Waals surface area contributed by atoms with Crippen LogP contribution in [-0.2, 0) is 18.3 Å². The molecule has 0 heterocycles. The van der Waals surface area contributed by atoms with Gasteiger partial charge in [0.1, 0.15) is 22.5 Å². The third kappa shape index (κ3) is 30.6. The molecule has 27 heteroatoms. The van der Waals surface area contributed by atoms with Crippen molar-refractivity contribution in [2.75, 3.05) is 26.3 Å². The van der Waals surface area contributed by atoms with E-state index in [4.69, 9.17) is 29.0 Å². The average molecular weight is 792 g/mol. The molecule has 2 atom stereocenters. The Labute approximate surface area is 360 Å². The van der Waals surface area contributed by atoms with Gasteiger partial charge in [-0.15, -0.1) is 0 Å². The summed E-state index contributed by atoms with van der Waals surface area (Å²) in [5, 5.41) is 4.11. The van der Waals surface area contributed by atoms with Crippen LogP contribution in [0, 0.1) is 0 Å². The molecule has 0 saturated carbocycles. The second-order valence-corrected chi connectivity index (χ2v) is 15.3. The number of rotatable bonds is 16. The molecular formula is C20H36N2Na4O17P4. The fourth-order valence-corrected chi connectivity index (χ4v) is 7.24. The van der Waals surface area contributed by atoms with Gasteiger partial charge in [0.05, 0.1) is 13.2 Å². The summed E-state index contributed by atoms with van der Waals surface area (Å²) in [6.07, 6.45) is 0.566. The number of hydrogen-bond acceptors (Lipinski definition) is 12. The predicted molar refractivity (Wildman–Crippen MR) is 147 cm³/mol. The van der Waals surface area contributed by atoms with Crippen molar-refractivity contribution in [1.29, 1.82) is 0 Å². The van der Waals surface area contributed by atoms with E-state index in [1.807, 2.05) is 12.1 Å². The minimum Gasteiger partial charge on any atom is -0.809 e. The summed E-state index contributed by atoms with van der Waals surface area (Å²) in [5.41, 5.74) is -4.79. The molecule has 12 N–H and O–H groups in total. The topological polar surface area (TPSA) is 378 Å². The number of benzene rings is 2. The Balaban J connectivity index is -0.000000119. The van der Waals surface area contributed by atoms with E-state index in [9.17, 15) is 37.8 Å². The molecule has 2 rings (SSSR count). The SMILES string of the molecule is O.O.O.O=P([O-])([O-])C(NCCCOc1ccccc1)P(=O)(O)O.O=P([O-])([O-])C(NCCCOc1ccccc1)P(=O)(O)O.[Na+].[Na+].[Na+].[Na+]. The summed E-state index contributed by atoms with van der Waals surface area (Å²) in [7, 11) is -20.9. The average Bonchev–Trinajstić information content (AvgIpc) is 2.82. The summed E-state index contributed by atoms with van der Waals surface area (Å²) < 4.78 is 53.9. The molecule has 47 heavy (non-hydrogen) atoms. The van der Waals surface area contributed by atoms with Gasteiger partial charge in [-0.3, -0.25) is 19.8 Å². The van der Waals surface area contributed by atoms with Crippen LogP contribution in [0.4, 0.5) is 0 Å². The van der Waals surface area contributed by atoms with Crippen LogP contribution < -0.4 is 158 Å². The molecule has 0 aliphatic heterocycles. The van der Waals surface area contributed by atoms with Crippen LogP contribution in [0.25, 0.3) is 0 Å². The Hall–Kier alpha value is 2.44. The molecule has 0 radical (unpaired) electrons. The van der Waals surface area contributed by atoms with Crippen molar-refractivity contribution in [2.24, 2.45) is 0 Å². The fraction of sp³-hybridized carbons (Fsp3) is 0.400. The van der Waals surface area contributed by atoms with Gasteiger partial charge in [-0.2, -0.15) is 0 Å². The van der Waals surface area contributed by atoms with Gasteiger partial charge in [0.15, 0.2) is 0 Å². The van der Waals surface area contributed by atoms with E-state index in [1.54, 1.807) is 48.5 Å². The maximum absolute atomic E-state index is 10.9. The van der Waals surface area contributed by atoms with Crippen molar-refractivity contribution in [3.63, 3.8) is 0 Å². The minimum absolute atomic E-state index is 0. The summed E-state index contributed by atoms with van der Waals surface area (Å²) in [6.45, 7) is 0.286. The molecule has 2 aromatic rings. The zero-order valence-electron chi connectivity index (χ0n) is 26.3. The van der Waals surface area contributed by atoms with Crippen molar-refractivity contribution < 1.29 is 202 Å². The number of ether oxygens (including phenoxy) is 2. The number of hydrogen-bond donors (Lipinski definition) is 6. The standard InChI is InChI=1S/2C10H17NO7P2.4Na.3H2O/c2*12-19(13,14)10(20(15,16)17)11-7-4-8-18-9-5-2-1-3-6-9;;;;;;;/h2*1-3,5-6,10-11H,4,7-8H2,(H2,12,13,14)(H2,15,16,17);;;;;3*1H2/q;;4*+1;;;/p-4. The van der Waals surface area contributed by atoms with E-state index in [0.29, 0.717) is 11.5 Å². The van der Waals surface area contributed by atoms with Crippen LogP contribution in [-0.4, -0.2) is 73.4 Å². The maximum Gasteiger partial charge on any atom is 1.00 e. The van der Waals surface area contributed by atoms with Crippen molar-refractivity contribution in [3.05, 3.63) is 60.7 Å². The molecule has 0 amide bonds. The molecule has 0 aliphatic rings. The summed E-state index contributed by atoms with van der Waals surface area (Å²) >= 11 is 0. The van der Waals surface area contributed by atoms with Gasteiger partial charge in [0, 0.05) is 0 Å². The second kappa shape index (κ2) is 31.9. The largest absolute Gasteiger partial charge is 1.00 e. The van der Waals surface area contributed by atoms with Gasteiger partial charge >= 0.3 is 133 Å². The first-order valence-corrected chi connectivity index (χ1v) is 18.0. The third-order valence-corrected chi connectivity index (χ3v) is 11.3. The van der Waals surface area contributed by atoms with E-state index in [-0.39, 0.29) is 174 Å². The van der Waals surface area contributed by atoms with Gasteiger partial charge < -0.3 is 74.2 Å². The summed E-state index contributed by atoms with van der Waals surface area (Å²) in [5.74, 6) is 1.25. The van der Waals surface area contributed by atoms with E-state index < -0.39 is 41.4 Å². The van der Waals surface area contributed by atoms with Crippen LogP contribution in [0.5, 0.6) is 11.5 Å². The normalized spacial score (nSPS) is 11.9. The van der Waals surface area contributed by atoms with E-state index in [1.165, 1.54) is 0 Å². The first-order chi connectivity index (χ1) is 18.4. The number of para-hydroxylation sites is 2. The van der Waals surface area contributed by atoms with Crippen LogP contribution in [0.3, 0.4) is 0 Å². The Bertz CT molecular complexity index is 1070. The smallest absolute Gasteiger partial charge is 0.809 e. The Morgan fingerprint density at radius 1 is 0.553 bits per heavy atom. The molecule has 0 saturated heterocycles.